The van der Waals surface area contributed by atoms with Crippen LogP contribution in [0.3, 0.4) is 0 Å². The molecule has 0 fully saturated rings. The van der Waals surface area contributed by atoms with Crippen LogP contribution in [0.25, 0.3) is 0 Å². The van der Waals surface area contributed by atoms with Gasteiger partial charge in [0.2, 0.25) is 11.8 Å². The Morgan fingerprint density at radius 2 is 1.90 bits per heavy atom. The number of carbonyl (C=O) groups is 2. The molecule has 1 unspecified atom stereocenters. The molecule has 0 heterocycles. The average molecular weight is 459 g/mol. The highest BCUT2D eigenvalue weighted by Gasteiger charge is 2.26. The van der Waals surface area contributed by atoms with Crippen molar-refractivity contribution in [1.29, 1.82) is 0 Å². The molecule has 5 heteroatoms. The highest BCUT2D eigenvalue weighted by Crippen LogP contribution is 2.18. The zero-order valence-corrected chi connectivity index (χ0v) is 19.4. The predicted molar refractivity (Wildman–Crippen MR) is 122 cm³/mol. The summed E-state index contributed by atoms with van der Waals surface area (Å²) in [6, 6.07) is 13.5. The van der Waals surface area contributed by atoms with E-state index in [1.54, 1.807) is 11.8 Å². The van der Waals surface area contributed by atoms with Gasteiger partial charge >= 0.3 is 0 Å². The minimum atomic E-state index is -0.538. The highest BCUT2D eigenvalue weighted by molar-refractivity contribution is 9.10. The van der Waals surface area contributed by atoms with E-state index in [2.05, 4.69) is 34.2 Å². The second-order valence-corrected chi connectivity index (χ2v) is 8.49. The van der Waals surface area contributed by atoms with Crippen LogP contribution < -0.4 is 5.32 Å². The van der Waals surface area contributed by atoms with Gasteiger partial charge in [0.25, 0.3) is 0 Å². The summed E-state index contributed by atoms with van der Waals surface area (Å²) < 4.78 is 0.956. The lowest BCUT2D eigenvalue weighted by Gasteiger charge is -2.29. The van der Waals surface area contributed by atoms with Gasteiger partial charge in [-0.25, -0.2) is 0 Å². The van der Waals surface area contributed by atoms with E-state index in [-0.39, 0.29) is 18.2 Å². The molecule has 29 heavy (non-hydrogen) atoms. The number of halogens is 1. The summed E-state index contributed by atoms with van der Waals surface area (Å²) in [5.74, 6) is -0.153. The molecule has 0 spiro atoms. The fourth-order valence-electron chi connectivity index (χ4n) is 3.21. The van der Waals surface area contributed by atoms with E-state index in [4.69, 9.17) is 0 Å². The second kappa shape index (κ2) is 11.1. The second-order valence-electron chi connectivity index (χ2n) is 7.58. The van der Waals surface area contributed by atoms with Crippen molar-refractivity contribution in [3.63, 3.8) is 0 Å². The van der Waals surface area contributed by atoms with Crippen molar-refractivity contribution >= 4 is 27.7 Å². The minimum absolute atomic E-state index is 0.0446. The summed E-state index contributed by atoms with van der Waals surface area (Å²) in [6.45, 7) is 8.96. The molecule has 2 amide bonds. The van der Waals surface area contributed by atoms with Crippen LogP contribution in [0.5, 0.6) is 0 Å². The molecule has 0 aliphatic rings. The number of nitrogens with zero attached hydrogens (tertiary/aromatic N) is 1. The summed E-state index contributed by atoms with van der Waals surface area (Å²) in [5, 5.41) is 2.96. The molecular formula is C24H31BrN2O2. The number of amides is 2. The SMILES string of the molecule is CCCCNC(=O)C(C)N(Cc1cccc(Br)c1)C(=O)Cc1cc(C)ccc1C. The maximum Gasteiger partial charge on any atom is 0.242 e. The molecule has 1 atom stereocenters. The van der Waals surface area contributed by atoms with Gasteiger partial charge in [-0.2, -0.15) is 0 Å². The van der Waals surface area contributed by atoms with Crippen molar-refractivity contribution in [2.45, 2.75) is 59.5 Å². The smallest absolute Gasteiger partial charge is 0.242 e. The van der Waals surface area contributed by atoms with E-state index in [9.17, 15) is 9.59 Å². The third-order valence-corrected chi connectivity index (χ3v) is 5.58. The Hall–Kier alpha value is -2.14. The van der Waals surface area contributed by atoms with Gasteiger partial charge in [0.1, 0.15) is 6.04 Å². The first kappa shape index (κ1) is 23.1. The van der Waals surface area contributed by atoms with Crippen LogP contribution >= 0.6 is 15.9 Å². The van der Waals surface area contributed by atoms with Gasteiger partial charge in [-0.1, -0.05) is 65.2 Å². The van der Waals surface area contributed by atoms with Crippen molar-refractivity contribution in [3.8, 4) is 0 Å². The standard InChI is InChI=1S/C24H31BrN2O2/c1-5-6-12-26-24(29)19(4)27(16-20-8-7-9-22(25)14-20)23(28)15-21-13-17(2)10-11-18(21)3/h7-11,13-14,19H,5-6,12,15-16H2,1-4H3,(H,26,29). The number of rotatable bonds is 9. The third-order valence-electron chi connectivity index (χ3n) is 5.09. The van der Waals surface area contributed by atoms with E-state index in [0.29, 0.717) is 13.1 Å². The predicted octanol–water partition coefficient (Wildman–Crippen LogP) is 4.94. The van der Waals surface area contributed by atoms with Gasteiger partial charge in [0.15, 0.2) is 0 Å². The minimum Gasteiger partial charge on any atom is -0.354 e. The fourth-order valence-corrected chi connectivity index (χ4v) is 3.65. The molecule has 0 saturated heterocycles. The lowest BCUT2D eigenvalue weighted by Crippen LogP contribution is -2.48. The highest BCUT2D eigenvalue weighted by atomic mass is 79.9. The lowest BCUT2D eigenvalue weighted by atomic mass is 10.0. The Balaban J connectivity index is 2.23. The monoisotopic (exact) mass is 458 g/mol. The number of hydrogen-bond acceptors (Lipinski definition) is 2. The molecule has 0 saturated carbocycles. The van der Waals surface area contributed by atoms with E-state index in [1.165, 1.54) is 0 Å². The van der Waals surface area contributed by atoms with Gasteiger partial charge in [-0.15, -0.1) is 0 Å². The van der Waals surface area contributed by atoms with Crippen molar-refractivity contribution in [2.75, 3.05) is 6.54 Å². The molecule has 4 nitrogen and oxygen atoms in total. The van der Waals surface area contributed by atoms with E-state index in [0.717, 1.165) is 39.6 Å². The molecular weight excluding hydrogens is 428 g/mol. The molecule has 0 bridgehead atoms. The van der Waals surface area contributed by atoms with E-state index >= 15 is 0 Å². The van der Waals surface area contributed by atoms with E-state index in [1.807, 2.05) is 50.2 Å². The fraction of sp³-hybridized carbons (Fsp3) is 0.417. The quantitative estimate of drug-likeness (QED) is 0.540. The van der Waals surface area contributed by atoms with Gasteiger partial charge in [0, 0.05) is 17.6 Å². The third kappa shape index (κ3) is 7.00. The molecule has 2 rings (SSSR count). The van der Waals surface area contributed by atoms with Crippen molar-refractivity contribution in [3.05, 3.63) is 69.2 Å². The average Bonchev–Trinajstić information content (AvgIpc) is 2.68. The van der Waals surface area contributed by atoms with Crippen LogP contribution in [0, 0.1) is 13.8 Å². The van der Waals surface area contributed by atoms with E-state index < -0.39 is 6.04 Å². The molecule has 1 N–H and O–H groups in total. The number of aryl methyl sites for hydroxylation is 2. The normalized spacial score (nSPS) is 11.8. The van der Waals surface area contributed by atoms with Gasteiger partial charge in [-0.05, 0) is 56.0 Å². The number of nitrogens with one attached hydrogen (secondary N) is 1. The molecule has 0 aliphatic carbocycles. The summed E-state index contributed by atoms with van der Waals surface area (Å²) in [7, 11) is 0. The number of benzene rings is 2. The lowest BCUT2D eigenvalue weighted by molar-refractivity contribution is -0.140. The number of carbonyl (C=O) groups excluding carboxylic acids is 2. The molecule has 2 aromatic rings. The summed E-state index contributed by atoms with van der Waals surface area (Å²) in [6.07, 6.45) is 2.23. The van der Waals surface area contributed by atoms with Crippen molar-refractivity contribution in [2.24, 2.45) is 0 Å². The zero-order valence-electron chi connectivity index (χ0n) is 17.8. The zero-order chi connectivity index (χ0) is 21.4. The maximum atomic E-state index is 13.3. The topological polar surface area (TPSA) is 49.4 Å². The molecule has 156 valence electrons. The molecule has 0 aromatic heterocycles. The molecule has 2 aromatic carbocycles. The van der Waals surface area contributed by atoms with Crippen LogP contribution in [0.2, 0.25) is 0 Å². The Labute approximate surface area is 182 Å². The Morgan fingerprint density at radius 1 is 1.14 bits per heavy atom. The van der Waals surface area contributed by atoms with Crippen LogP contribution in [-0.2, 0) is 22.6 Å². The molecule has 0 radical (unpaired) electrons. The Bertz CT molecular complexity index is 851. The maximum absolute atomic E-state index is 13.3. The van der Waals surface area contributed by atoms with Crippen LogP contribution in [0.1, 0.15) is 48.9 Å². The first-order chi connectivity index (χ1) is 13.8. The first-order valence-electron chi connectivity index (χ1n) is 10.2. The first-order valence-corrected chi connectivity index (χ1v) is 11.0. The van der Waals surface area contributed by atoms with Gasteiger partial charge in [0.05, 0.1) is 6.42 Å². The summed E-state index contributed by atoms with van der Waals surface area (Å²) in [5.41, 5.74) is 4.21. The largest absolute Gasteiger partial charge is 0.354 e. The van der Waals surface area contributed by atoms with Gasteiger partial charge in [-0.3, -0.25) is 9.59 Å². The van der Waals surface area contributed by atoms with Crippen LogP contribution in [-0.4, -0.2) is 29.3 Å². The number of hydrogen-bond donors (Lipinski definition) is 1. The summed E-state index contributed by atoms with van der Waals surface area (Å²) in [4.78, 5) is 27.6. The molecule has 0 aliphatic heterocycles. The van der Waals surface area contributed by atoms with Crippen LogP contribution in [0.15, 0.2) is 46.9 Å². The van der Waals surface area contributed by atoms with Crippen molar-refractivity contribution < 1.29 is 9.59 Å². The Kier molecular flexibility index (Phi) is 8.90. The Morgan fingerprint density at radius 3 is 2.59 bits per heavy atom. The summed E-state index contributed by atoms with van der Waals surface area (Å²) >= 11 is 3.49. The van der Waals surface area contributed by atoms with Crippen LogP contribution in [0.4, 0.5) is 0 Å². The van der Waals surface area contributed by atoms with Crippen molar-refractivity contribution in [1.82, 2.24) is 10.2 Å². The van der Waals surface area contributed by atoms with Gasteiger partial charge < -0.3 is 10.2 Å². The number of unbranched alkanes of at least 4 members (excludes halogenated alkanes) is 1.